The normalized spacial score (nSPS) is 20.5. The number of nitrogens with zero attached hydrogens (tertiary/aromatic N) is 1. The smallest absolute Gasteiger partial charge is 0.258 e. The van der Waals surface area contributed by atoms with E-state index in [1.165, 1.54) is 12.8 Å². The van der Waals surface area contributed by atoms with Crippen LogP contribution >= 0.6 is 0 Å². The zero-order valence-corrected chi connectivity index (χ0v) is 17.5. The molecule has 2 aliphatic rings. The molecule has 1 aromatic rings. The van der Waals surface area contributed by atoms with Crippen molar-refractivity contribution < 1.29 is 17.9 Å². The zero-order chi connectivity index (χ0) is 20.0. The minimum Gasteiger partial charge on any atom is -0.484 e. The lowest BCUT2D eigenvalue weighted by Crippen LogP contribution is -2.38. The molecule has 1 aliphatic heterocycles. The van der Waals surface area contributed by atoms with Gasteiger partial charge in [0.25, 0.3) is 5.91 Å². The van der Waals surface area contributed by atoms with Crippen molar-refractivity contribution in [2.24, 2.45) is 5.92 Å². The van der Waals surface area contributed by atoms with Gasteiger partial charge < -0.3 is 10.1 Å². The topological polar surface area (TPSA) is 75.7 Å². The SMILES string of the molecule is CC1CCN(S(=O)(=O)c2ccc(OCC(=O)NC3CCCCCC3)cc2)CC1. The molecule has 156 valence electrons. The van der Waals surface area contributed by atoms with Crippen LogP contribution in [-0.4, -0.2) is 44.4 Å². The number of amides is 1. The van der Waals surface area contributed by atoms with Crippen molar-refractivity contribution in [3.05, 3.63) is 24.3 Å². The van der Waals surface area contributed by atoms with E-state index in [2.05, 4.69) is 12.2 Å². The number of rotatable bonds is 6. The molecule has 0 bridgehead atoms. The predicted molar refractivity (Wildman–Crippen MR) is 109 cm³/mol. The first-order valence-electron chi connectivity index (χ1n) is 10.5. The number of piperidine rings is 1. The van der Waals surface area contributed by atoms with Crippen LogP contribution in [0.2, 0.25) is 0 Å². The molecule has 28 heavy (non-hydrogen) atoms. The van der Waals surface area contributed by atoms with E-state index in [0.29, 0.717) is 24.8 Å². The molecule has 0 radical (unpaired) electrons. The van der Waals surface area contributed by atoms with Crippen LogP contribution in [0.5, 0.6) is 5.75 Å². The van der Waals surface area contributed by atoms with Crippen molar-refractivity contribution in [3.63, 3.8) is 0 Å². The third-order valence-electron chi connectivity index (χ3n) is 5.79. The van der Waals surface area contributed by atoms with E-state index >= 15 is 0 Å². The fourth-order valence-electron chi connectivity index (χ4n) is 3.92. The summed E-state index contributed by atoms with van der Waals surface area (Å²) in [6, 6.07) is 6.62. The number of ether oxygens (including phenoxy) is 1. The molecule has 6 nitrogen and oxygen atoms in total. The van der Waals surface area contributed by atoms with Crippen LogP contribution in [0.15, 0.2) is 29.2 Å². The Kier molecular flexibility index (Phi) is 7.35. The zero-order valence-electron chi connectivity index (χ0n) is 16.7. The van der Waals surface area contributed by atoms with E-state index in [9.17, 15) is 13.2 Å². The lowest BCUT2D eigenvalue weighted by atomic mass is 10.0. The van der Waals surface area contributed by atoms with Crippen LogP contribution in [0.4, 0.5) is 0 Å². The van der Waals surface area contributed by atoms with Gasteiger partial charge in [-0.15, -0.1) is 0 Å². The molecule has 1 aromatic carbocycles. The number of carbonyl (C=O) groups excluding carboxylic acids is 1. The van der Waals surface area contributed by atoms with Crippen LogP contribution in [0, 0.1) is 5.92 Å². The van der Waals surface area contributed by atoms with Crippen molar-refractivity contribution in [3.8, 4) is 5.75 Å². The van der Waals surface area contributed by atoms with Crippen LogP contribution in [0.3, 0.4) is 0 Å². The molecule has 1 heterocycles. The molecule has 0 atom stereocenters. The van der Waals surface area contributed by atoms with E-state index in [4.69, 9.17) is 4.74 Å². The molecule has 0 spiro atoms. The van der Waals surface area contributed by atoms with Crippen LogP contribution < -0.4 is 10.1 Å². The molecule has 1 amide bonds. The maximum absolute atomic E-state index is 12.7. The van der Waals surface area contributed by atoms with Crippen LogP contribution in [-0.2, 0) is 14.8 Å². The summed E-state index contributed by atoms with van der Waals surface area (Å²) in [5, 5.41) is 3.04. The van der Waals surface area contributed by atoms with Crippen molar-refractivity contribution in [2.45, 2.75) is 69.2 Å². The number of hydrogen-bond donors (Lipinski definition) is 1. The first-order chi connectivity index (χ1) is 13.4. The van der Waals surface area contributed by atoms with Gasteiger partial charge >= 0.3 is 0 Å². The van der Waals surface area contributed by atoms with Gasteiger partial charge in [0, 0.05) is 19.1 Å². The second-order valence-electron chi connectivity index (χ2n) is 8.10. The van der Waals surface area contributed by atoms with Gasteiger partial charge in [0.1, 0.15) is 5.75 Å². The minimum atomic E-state index is -3.46. The predicted octanol–water partition coefficient (Wildman–Crippen LogP) is 3.33. The summed E-state index contributed by atoms with van der Waals surface area (Å²) >= 11 is 0. The molecule has 2 fully saturated rings. The van der Waals surface area contributed by atoms with Crippen molar-refractivity contribution >= 4 is 15.9 Å². The third kappa shape index (κ3) is 5.70. The summed E-state index contributed by atoms with van der Waals surface area (Å²) in [5.74, 6) is 0.958. The van der Waals surface area contributed by atoms with E-state index in [1.807, 2.05) is 0 Å². The van der Waals surface area contributed by atoms with Crippen LogP contribution in [0.1, 0.15) is 58.3 Å². The number of nitrogens with one attached hydrogen (secondary N) is 1. The summed E-state index contributed by atoms with van der Waals surface area (Å²) in [6.45, 7) is 3.25. The molecule has 0 aromatic heterocycles. The Balaban J connectivity index is 1.50. The van der Waals surface area contributed by atoms with Gasteiger partial charge in [-0.2, -0.15) is 4.31 Å². The molecule has 3 rings (SSSR count). The summed E-state index contributed by atoms with van der Waals surface area (Å²) in [4.78, 5) is 12.4. The molecular formula is C21H32N2O4S. The summed E-state index contributed by atoms with van der Waals surface area (Å²) in [5.41, 5.74) is 0. The highest BCUT2D eigenvalue weighted by Gasteiger charge is 2.28. The number of carbonyl (C=O) groups is 1. The average Bonchev–Trinajstić information content (AvgIpc) is 2.96. The Labute approximate surface area is 168 Å². The highest BCUT2D eigenvalue weighted by molar-refractivity contribution is 7.89. The molecule has 1 saturated carbocycles. The third-order valence-corrected chi connectivity index (χ3v) is 7.71. The monoisotopic (exact) mass is 408 g/mol. The van der Waals surface area contributed by atoms with Crippen molar-refractivity contribution in [1.82, 2.24) is 9.62 Å². The quantitative estimate of drug-likeness (QED) is 0.733. The lowest BCUT2D eigenvalue weighted by Gasteiger charge is -2.29. The van der Waals surface area contributed by atoms with Crippen LogP contribution in [0.25, 0.3) is 0 Å². The number of sulfonamides is 1. The number of benzene rings is 1. The molecule has 1 saturated heterocycles. The lowest BCUT2D eigenvalue weighted by molar-refractivity contribution is -0.123. The van der Waals surface area contributed by atoms with Gasteiger partial charge in [-0.3, -0.25) is 4.79 Å². The molecule has 1 aliphatic carbocycles. The Morgan fingerprint density at radius 2 is 1.64 bits per heavy atom. The molecule has 1 N–H and O–H groups in total. The summed E-state index contributed by atoms with van der Waals surface area (Å²) in [6.07, 6.45) is 8.69. The van der Waals surface area contributed by atoms with E-state index in [0.717, 1.165) is 38.5 Å². The first-order valence-corrected chi connectivity index (χ1v) is 11.9. The van der Waals surface area contributed by atoms with Gasteiger partial charge in [0.2, 0.25) is 10.0 Å². The van der Waals surface area contributed by atoms with E-state index in [-0.39, 0.29) is 23.5 Å². The fraction of sp³-hybridized carbons (Fsp3) is 0.667. The standard InChI is InChI=1S/C21H32N2O4S/c1-17-12-14-23(15-13-17)28(25,26)20-10-8-19(9-11-20)27-16-21(24)22-18-6-4-2-3-5-7-18/h8-11,17-18H,2-7,12-16H2,1H3,(H,22,24). The minimum absolute atomic E-state index is 0.0490. The molecular weight excluding hydrogens is 376 g/mol. The van der Waals surface area contributed by atoms with Crippen molar-refractivity contribution in [1.29, 1.82) is 0 Å². The first kappa shape index (κ1) is 21.1. The summed E-state index contributed by atoms with van der Waals surface area (Å²) in [7, 11) is -3.46. The van der Waals surface area contributed by atoms with Gasteiger partial charge in [0.05, 0.1) is 4.90 Å². The average molecular weight is 409 g/mol. The Morgan fingerprint density at radius 1 is 1.04 bits per heavy atom. The fourth-order valence-corrected chi connectivity index (χ4v) is 5.39. The highest BCUT2D eigenvalue weighted by Crippen LogP contribution is 2.25. The summed E-state index contributed by atoms with van der Waals surface area (Å²) < 4.78 is 32.6. The van der Waals surface area contributed by atoms with Gasteiger partial charge in [-0.05, 0) is 55.9 Å². The van der Waals surface area contributed by atoms with Gasteiger partial charge in [-0.1, -0.05) is 32.6 Å². The highest BCUT2D eigenvalue weighted by atomic mass is 32.2. The van der Waals surface area contributed by atoms with Gasteiger partial charge in [-0.25, -0.2) is 8.42 Å². The molecule has 7 heteroatoms. The maximum Gasteiger partial charge on any atom is 0.258 e. The second kappa shape index (κ2) is 9.74. The Bertz CT molecular complexity index is 732. The Hall–Kier alpha value is -1.60. The largest absolute Gasteiger partial charge is 0.484 e. The van der Waals surface area contributed by atoms with E-state index < -0.39 is 10.0 Å². The second-order valence-corrected chi connectivity index (χ2v) is 10.0. The maximum atomic E-state index is 12.7. The van der Waals surface area contributed by atoms with Crippen molar-refractivity contribution in [2.75, 3.05) is 19.7 Å². The molecule has 0 unspecified atom stereocenters. The van der Waals surface area contributed by atoms with E-state index in [1.54, 1.807) is 28.6 Å². The Morgan fingerprint density at radius 3 is 2.25 bits per heavy atom. The number of hydrogen-bond acceptors (Lipinski definition) is 4. The van der Waals surface area contributed by atoms with Gasteiger partial charge in [0.15, 0.2) is 6.61 Å².